The monoisotopic (exact) mass is 305 g/mol. The minimum atomic E-state index is 0.190. The number of ether oxygens (including phenoxy) is 1. The molecule has 0 saturated heterocycles. The van der Waals surface area contributed by atoms with E-state index in [9.17, 15) is 5.26 Å². The molecule has 1 aromatic heterocycles. The Labute approximate surface area is 133 Å². The smallest absolute Gasteiger partial charge is 0.203 e. The molecule has 0 radical (unpaired) electrons. The number of imidazole rings is 1. The van der Waals surface area contributed by atoms with Crippen LogP contribution >= 0.6 is 0 Å². The molecule has 0 spiro atoms. The molecule has 2 N–H and O–H groups in total. The molecule has 0 bridgehead atoms. The second-order valence-corrected chi connectivity index (χ2v) is 4.74. The highest BCUT2D eigenvalue weighted by molar-refractivity contribution is 6.10. The molecule has 3 aromatic rings. The maximum atomic E-state index is 9.30. The Kier molecular flexibility index (Phi) is 4.20. The molecule has 0 amide bonds. The Morgan fingerprint density at radius 1 is 1.26 bits per heavy atom. The number of rotatable bonds is 5. The van der Waals surface area contributed by atoms with Gasteiger partial charge in [0.1, 0.15) is 11.8 Å². The minimum Gasteiger partial charge on any atom is -0.494 e. The van der Waals surface area contributed by atoms with Crippen molar-refractivity contribution in [2.45, 2.75) is 6.92 Å². The van der Waals surface area contributed by atoms with Gasteiger partial charge in [-0.1, -0.05) is 12.1 Å². The first kappa shape index (κ1) is 14.6. The van der Waals surface area contributed by atoms with E-state index in [1.54, 1.807) is 0 Å². The highest BCUT2D eigenvalue weighted by Gasteiger charge is 2.08. The Balaban J connectivity index is 1.80. The number of fused-ring (bicyclic) bond motifs is 1. The average Bonchev–Trinajstić information content (AvgIpc) is 3.01. The number of hydrogen-bond acceptors (Lipinski definition) is 5. The fourth-order valence-electron chi connectivity index (χ4n) is 2.11. The molecule has 0 aliphatic rings. The number of nitrogens with one attached hydrogen (secondary N) is 2. The average molecular weight is 305 g/mol. The molecule has 0 saturated carbocycles. The summed E-state index contributed by atoms with van der Waals surface area (Å²) in [4.78, 5) is 7.45. The lowest BCUT2D eigenvalue weighted by molar-refractivity contribution is 0.340. The van der Waals surface area contributed by atoms with Gasteiger partial charge in [0.2, 0.25) is 5.71 Å². The maximum absolute atomic E-state index is 9.30. The molecule has 23 heavy (non-hydrogen) atoms. The first-order valence-electron chi connectivity index (χ1n) is 7.22. The van der Waals surface area contributed by atoms with Crippen LogP contribution in [0.4, 0.5) is 5.69 Å². The van der Waals surface area contributed by atoms with Crippen molar-refractivity contribution in [3.05, 3.63) is 54.4 Å². The van der Waals surface area contributed by atoms with Crippen LogP contribution < -0.4 is 10.2 Å². The zero-order chi connectivity index (χ0) is 16.1. The Morgan fingerprint density at radius 2 is 2.04 bits per heavy atom. The number of para-hydroxylation sites is 2. The van der Waals surface area contributed by atoms with E-state index in [4.69, 9.17) is 4.74 Å². The van der Waals surface area contributed by atoms with Gasteiger partial charge in [0.25, 0.3) is 0 Å². The summed E-state index contributed by atoms with van der Waals surface area (Å²) in [5.41, 5.74) is 5.47. The highest BCUT2D eigenvalue weighted by Crippen LogP contribution is 2.16. The standard InChI is InChI=1S/C17H15N5O/c1-2-23-13-9-7-12(8-10-13)21-22-16(11-18)17-19-14-5-3-4-6-15(14)20-17/h3-10,21H,2H2,1H3,(H,19,20)/b22-16-. The lowest BCUT2D eigenvalue weighted by Gasteiger charge is -2.04. The van der Waals surface area contributed by atoms with Crippen molar-refractivity contribution in [2.24, 2.45) is 5.10 Å². The molecule has 0 fully saturated rings. The summed E-state index contributed by atoms with van der Waals surface area (Å²) in [6.07, 6.45) is 0. The number of nitrogens with zero attached hydrogens (tertiary/aromatic N) is 3. The SMILES string of the molecule is CCOc1ccc(N/N=C(/C#N)c2nc3ccccc3[nH]2)cc1. The summed E-state index contributed by atoms with van der Waals surface area (Å²) in [6, 6.07) is 17.0. The van der Waals surface area contributed by atoms with Crippen LogP contribution in [0.3, 0.4) is 0 Å². The molecular weight excluding hydrogens is 290 g/mol. The third-order valence-electron chi connectivity index (χ3n) is 3.18. The van der Waals surface area contributed by atoms with Crippen LogP contribution in [0.15, 0.2) is 53.6 Å². The summed E-state index contributed by atoms with van der Waals surface area (Å²) >= 11 is 0. The van der Waals surface area contributed by atoms with Crippen LogP contribution in [-0.4, -0.2) is 22.3 Å². The number of anilines is 1. The molecule has 0 aliphatic heterocycles. The number of nitriles is 1. The Hall–Kier alpha value is -3.33. The minimum absolute atomic E-state index is 0.190. The van der Waals surface area contributed by atoms with Crippen molar-refractivity contribution in [1.82, 2.24) is 9.97 Å². The number of hydrazone groups is 1. The van der Waals surface area contributed by atoms with Crippen LogP contribution in [0.5, 0.6) is 5.75 Å². The van der Waals surface area contributed by atoms with Crippen LogP contribution in [-0.2, 0) is 0 Å². The quantitative estimate of drug-likeness (QED) is 0.559. The van der Waals surface area contributed by atoms with E-state index in [-0.39, 0.29) is 5.71 Å². The van der Waals surface area contributed by atoms with E-state index >= 15 is 0 Å². The predicted molar refractivity (Wildman–Crippen MR) is 89.5 cm³/mol. The predicted octanol–water partition coefficient (Wildman–Crippen LogP) is 3.30. The van der Waals surface area contributed by atoms with Gasteiger partial charge in [-0.05, 0) is 43.3 Å². The first-order valence-corrected chi connectivity index (χ1v) is 7.22. The third-order valence-corrected chi connectivity index (χ3v) is 3.18. The van der Waals surface area contributed by atoms with Gasteiger partial charge in [0.15, 0.2) is 5.82 Å². The summed E-state index contributed by atoms with van der Waals surface area (Å²) in [6.45, 7) is 2.55. The molecule has 114 valence electrons. The van der Waals surface area contributed by atoms with E-state index < -0.39 is 0 Å². The van der Waals surface area contributed by atoms with Gasteiger partial charge in [0.05, 0.1) is 23.3 Å². The van der Waals surface area contributed by atoms with E-state index in [1.165, 1.54) is 0 Å². The fraction of sp³-hybridized carbons (Fsp3) is 0.118. The van der Waals surface area contributed by atoms with E-state index in [0.29, 0.717) is 12.4 Å². The van der Waals surface area contributed by atoms with Crippen molar-refractivity contribution >= 4 is 22.4 Å². The van der Waals surface area contributed by atoms with E-state index in [1.807, 2.05) is 55.5 Å². The van der Waals surface area contributed by atoms with Gasteiger partial charge in [-0.25, -0.2) is 4.98 Å². The molecule has 0 aliphatic carbocycles. The van der Waals surface area contributed by atoms with Gasteiger partial charge in [-0.2, -0.15) is 10.4 Å². The summed E-state index contributed by atoms with van der Waals surface area (Å²) in [5.74, 6) is 1.23. The molecule has 6 nitrogen and oxygen atoms in total. The van der Waals surface area contributed by atoms with Gasteiger partial charge in [0, 0.05) is 0 Å². The largest absolute Gasteiger partial charge is 0.494 e. The van der Waals surface area contributed by atoms with Crippen LogP contribution in [0.25, 0.3) is 11.0 Å². The number of benzene rings is 2. The lowest BCUT2D eigenvalue weighted by Crippen LogP contribution is -2.04. The highest BCUT2D eigenvalue weighted by atomic mass is 16.5. The topological polar surface area (TPSA) is 86.1 Å². The van der Waals surface area contributed by atoms with Crippen LogP contribution in [0.1, 0.15) is 12.7 Å². The van der Waals surface area contributed by atoms with E-state index in [2.05, 4.69) is 26.6 Å². The molecule has 3 rings (SSSR count). The van der Waals surface area contributed by atoms with Gasteiger partial charge < -0.3 is 9.72 Å². The van der Waals surface area contributed by atoms with Crippen molar-refractivity contribution in [2.75, 3.05) is 12.0 Å². The zero-order valence-electron chi connectivity index (χ0n) is 12.6. The normalized spacial score (nSPS) is 11.2. The summed E-state index contributed by atoms with van der Waals surface area (Å²) < 4.78 is 5.38. The van der Waals surface area contributed by atoms with Gasteiger partial charge >= 0.3 is 0 Å². The molecule has 0 atom stereocenters. The molecule has 6 heteroatoms. The molecule has 0 unspecified atom stereocenters. The van der Waals surface area contributed by atoms with Gasteiger partial charge in [-0.15, -0.1) is 0 Å². The summed E-state index contributed by atoms with van der Waals surface area (Å²) in [5, 5.41) is 13.4. The number of hydrogen-bond donors (Lipinski definition) is 2. The number of aromatic amines is 1. The number of aromatic nitrogens is 2. The Bertz CT molecular complexity index is 841. The molecular formula is C17H15N5O. The fourth-order valence-corrected chi connectivity index (χ4v) is 2.11. The Morgan fingerprint density at radius 3 is 2.74 bits per heavy atom. The molecule has 1 heterocycles. The van der Waals surface area contributed by atoms with Crippen molar-refractivity contribution in [3.8, 4) is 11.8 Å². The lowest BCUT2D eigenvalue weighted by atomic mass is 10.3. The van der Waals surface area contributed by atoms with Crippen LogP contribution in [0.2, 0.25) is 0 Å². The van der Waals surface area contributed by atoms with Crippen LogP contribution in [0, 0.1) is 11.3 Å². The second-order valence-electron chi connectivity index (χ2n) is 4.74. The van der Waals surface area contributed by atoms with Crippen molar-refractivity contribution < 1.29 is 4.74 Å². The van der Waals surface area contributed by atoms with Gasteiger partial charge in [-0.3, -0.25) is 5.43 Å². The third kappa shape index (κ3) is 3.30. The maximum Gasteiger partial charge on any atom is 0.203 e. The second kappa shape index (κ2) is 6.62. The first-order chi connectivity index (χ1) is 11.3. The summed E-state index contributed by atoms with van der Waals surface area (Å²) in [7, 11) is 0. The van der Waals surface area contributed by atoms with E-state index in [0.717, 1.165) is 22.5 Å². The zero-order valence-corrected chi connectivity index (χ0v) is 12.6. The van der Waals surface area contributed by atoms with Crippen molar-refractivity contribution in [3.63, 3.8) is 0 Å². The number of H-pyrrole nitrogens is 1. The van der Waals surface area contributed by atoms with Crippen molar-refractivity contribution in [1.29, 1.82) is 5.26 Å². The molecule has 2 aromatic carbocycles.